The molecule has 0 unspecified atom stereocenters. The highest BCUT2D eigenvalue weighted by atomic mass is 16.5. The average molecular weight is 366 g/mol. The minimum Gasteiger partial charge on any atom is -0.496 e. The van der Waals surface area contributed by atoms with E-state index in [0.29, 0.717) is 27.8 Å². The van der Waals surface area contributed by atoms with Crippen LogP contribution in [0.5, 0.6) is 5.75 Å². The van der Waals surface area contributed by atoms with Crippen molar-refractivity contribution in [1.82, 2.24) is 0 Å². The molecule has 0 saturated heterocycles. The van der Waals surface area contributed by atoms with Crippen molar-refractivity contribution in [2.75, 3.05) is 7.11 Å². The minimum atomic E-state index is -0.773. The van der Waals surface area contributed by atoms with Crippen LogP contribution in [0, 0.1) is 6.92 Å². The Morgan fingerprint density at radius 1 is 1.07 bits per heavy atom. The number of aryl methyl sites for hydroxylation is 1. The fourth-order valence-electron chi connectivity index (χ4n) is 2.70. The lowest BCUT2D eigenvalue weighted by Gasteiger charge is -2.10. The van der Waals surface area contributed by atoms with Crippen molar-refractivity contribution < 1.29 is 23.5 Å². The third kappa shape index (κ3) is 3.89. The Kier molecular flexibility index (Phi) is 5.07. The van der Waals surface area contributed by atoms with E-state index in [-0.39, 0.29) is 23.6 Å². The van der Waals surface area contributed by atoms with E-state index < -0.39 is 5.97 Å². The van der Waals surface area contributed by atoms with Crippen LogP contribution in [0.4, 0.5) is 0 Å². The number of carbonyl (C=O) groups excluding carboxylic acids is 2. The maximum atomic E-state index is 12.3. The maximum Gasteiger partial charge on any atom is 0.374 e. The number of fused-ring (bicyclic) bond motifs is 1. The SMILES string of the molecule is COc1ccc(C(C)=O)cc1COC(=O)c1cc(=O)c2cc(C)ccc2o1. The lowest BCUT2D eigenvalue weighted by atomic mass is 10.1. The number of ether oxygens (including phenoxy) is 2. The Balaban J connectivity index is 1.85. The first-order valence-corrected chi connectivity index (χ1v) is 8.28. The van der Waals surface area contributed by atoms with Gasteiger partial charge in [-0.1, -0.05) is 11.6 Å². The third-order valence-corrected chi connectivity index (χ3v) is 4.13. The Hall–Kier alpha value is -3.41. The second kappa shape index (κ2) is 7.45. The predicted octanol–water partition coefficient (Wildman–Crippen LogP) is 3.67. The van der Waals surface area contributed by atoms with Gasteiger partial charge in [0.05, 0.1) is 12.5 Å². The number of esters is 1. The summed E-state index contributed by atoms with van der Waals surface area (Å²) in [5.41, 5.74) is 1.94. The van der Waals surface area contributed by atoms with Crippen molar-refractivity contribution in [3.63, 3.8) is 0 Å². The Labute approximate surface area is 155 Å². The Morgan fingerprint density at radius 3 is 2.56 bits per heavy atom. The molecule has 0 saturated carbocycles. The molecular formula is C21H18O6. The molecule has 0 atom stereocenters. The molecule has 27 heavy (non-hydrogen) atoms. The van der Waals surface area contributed by atoms with E-state index in [0.717, 1.165) is 11.6 Å². The van der Waals surface area contributed by atoms with Gasteiger partial charge in [0.25, 0.3) is 0 Å². The lowest BCUT2D eigenvalue weighted by molar-refractivity contribution is 0.0434. The molecule has 3 rings (SSSR count). The summed E-state index contributed by atoms with van der Waals surface area (Å²) in [6.07, 6.45) is 0. The van der Waals surface area contributed by atoms with Crippen molar-refractivity contribution >= 4 is 22.7 Å². The minimum absolute atomic E-state index is 0.110. The van der Waals surface area contributed by atoms with Crippen LogP contribution in [-0.2, 0) is 11.3 Å². The molecule has 0 N–H and O–H groups in total. The molecule has 6 heteroatoms. The Bertz CT molecular complexity index is 1090. The van der Waals surface area contributed by atoms with Crippen molar-refractivity contribution in [2.24, 2.45) is 0 Å². The molecule has 138 valence electrons. The van der Waals surface area contributed by atoms with Gasteiger partial charge in [-0.15, -0.1) is 0 Å². The van der Waals surface area contributed by atoms with Crippen molar-refractivity contribution in [3.8, 4) is 5.75 Å². The van der Waals surface area contributed by atoms with E-state index in [1.165, 1.54) is 14.0 Å². The molecule has 2 aromatic carbocycles. The zero-order valence-electron chi connectivity index (χ0n) is 15.2. The first kappa shape index (κ1) is 18.4. The van der Waals surface area contributed by atoms with Crippen LogP contribution in [-0.4, -0.2) is 18.9 Å². The van der Waals surface area contributed by atoms with Crippen molar-refractivity contribution in [1.29, 1.82) is 0 Å². The van der Waals surface area contributed by atoms with E-state index in [2.05, 4.69) is 0 Å². The zero-order chi connectivity index (χ0) is 19.6. The van der Waals surface area contributed by atoms with Crippen LogP contribution in [0.3, 0.4) is 0 Å². The molecule has 0 radical (unpaired) electrons. The van der Waals surface area contributed by atoms with Crippen LogP contribution in [0.25, 0.3) is 11.0 Å². The van der Waals surface area contributed by atoms with Crippen LogP contribution < -0.4 is 10.2 Å². The molecule has 3 aromatic rings. The second-order valence-electron chi connectivity index (χ2n) is 6.13. The number of rotatable bonds is 5. The summed E-state index contributed by atoms with van der Waals surface area (Å²) in [6.45, 7) is 3.19. The summed E-state index contributed by atoms with van der Waals surface area (Å²) in [4.78, 5) is 36.1. The van der Waals surface area contributed by atoms with Gasteiger partial charge >= 0.3 is 5.97 Å². The highest BCUT2D eigenvalue weighted by Crippen LogP contribution is 2.22. The van der Waals surface area contributed by atoms with Gasteiger partial charge in [0.2, 0.25) is 5.76 Å². The largest absolute Gasteiger partial charge is 0.496 e. The van der Waals surface area contributed by atoms with E-state index in [4.69, 9.17) is 13.9 Å². The number of hydrogen-bond acceptors (Lipinski definition) is 6. The molecule has 1 heterocycles. The summed E-state index contributed by atoms with van der Waals surface area (Å²) in [5.74, 6) is -0.577. The zero-order valence-corrected chi connectivity index (χ0v) is 15.2. The predicted molar refractivity (Wildman–Crippen MR) is 99.3 cm³/mol. The Morgan fingerprint density at radius 2 is 1.85 bits per heavy atom. The molecule has 0 aliphatic heterocycles. The van der Waals surface area contributed by atoms with Gasteiger partial charge in [-0.25, -0.2) is 4.79 Å². The first-order valence-electron chi connectivity index (χ1n) is 8.28. The van der Waals surface area contributed by atoms with Crippen LogP contribution in [0.2, 0.25) is 0 Å². The topological polar surface area (TPSA) is 82.8 Å². The summed E-state index contributed by atoms with van der Waals surface area (Å²) in [7, 11) is 1.48. The highest BCUT2D eigenvalue weighted by Gasteiger charge is 2.16. The second-order valence-corrected chi connectivity index (χ2v) is 6.13. The fourth-order valence-corrected chi connectivity index (χ4v) is 2.70. The van der Waals surface area contributed by atoms with Gasteiger partial charge in [-0.05, 0) is 44.2 Å². The van der Waals surface area contributed by atoms with Crippen LogP contribution in [0.15, 0.2) is 51.7 Å². The number of Topliss-reactive ketones (excluding diaryl/α,β-unsaturated/α-hetero) is 1. The van der Waals surface area contributed by atoms with E-state index in [1.807, 2.05) is 6.92 Å². The van der Waals surface area contributed by atoms with Crippen molar-refractivity contribution in [2.45, 2.75) is 20.5 Å². The summed E-state index contributed by atoms with van der Waals surface area (Å²) in [6, 6.07) is 11.1. The summed E-state index contributed by atoms with van der Waals surface area (Å²) in [5, 5.41) is 0.405. The molecule has 0 fully saturated rings. The van der Waals surface area contributed by atoms with Gasteiger partial charge in [0, 0.05) is 17.2 Å². The van der Waals surface area contributed by atoms with Gasteiger partial charge in [0.15, 0.2) is 11.2 Å². The molecule has 6 nitrogen and oxygen atoms in total. The summed E-state index contributed by atoms with van der Waals surface area (Å²) < 4.78 is 16.0. The van der Waals surface area contributed by atoms with Crippen LogP contribution >= 0.6 is 0 Å². The van der Waals surface area contributed by atoms with Gasteiger partial charge in [-0.3, -0.25) is 9.59 Å². The normalized spacial score (nSPS) is 10.6. The molecule has 0 bridgehead atoms. The highest BCUT2D eigenvalue weighted by molar-refractivity contribution is 5.94. The average Bonchev–Trinajstić information content (AvgIpc) is 2.66. The number of hydrogen-bond donors (Lipinski definition) is 0. The van der Waals surface area contributed by atoms with E-state index >= 15 is 0 Å². The molecule has 0 aliphatic rings. The number of carbonyl (C=O) groups is 2. The first-order chi connectivity index (χ1) is 12.9. The van der Waals surface area contributed by atoms with Gasteiger partial charge in [-0.2, -0.15) is 0 Å². The monoisotopic (exact) mass is 366 g/mol. The van der Waals surface area contributed by atoms with Crippen LogP contribution in [0.1, 0.15) is 39.0 Å². The number of benzene rings is 2. The van der Waals surface area contributed by atoms with Crippen molar-refractivity contribution in [3.05, 3.63) is 75.1 Å². The smallest absolute Gasteiger partial charge is 0.374 e. The summed E-state index contributed by atoms with van der Waals surface area (Å²) >= 11 is 0. The van der Waals surface area contributed by atoms with Gasteiger partial charge in [0.1, 0.15) is 17.9 Å². The molecule has 0 aliphatic carbocycles. The maximum absolute atomic E-state index is 12.3. The number of methoxy groups -OCH3 is 1. The fraction of sp³-hybridized carbons (Fsp3) is 0.190. The molecular weight excluding hydrogens is 348 g/mol. The lowest BCUT2D eigenvalue weighted by Crippen LogP contribution is -2.11. The third-order valence-electron chi connectivity index (χ3n) is 4.13. The standard InChI is InChI=1S/C21H18O6/c1-12-4-6-19-16(8-12)17(23)10-20(27-19)21(24)26-11-15-9-14(13(2)22)5-7-18(15)25-3/h4-10H,11H2,1-3H3. The number of ketones is 1. The molecule has 0 spiro atoms. The molecule has 1 aromatic heterocycles. The molecule has 0 amide bonds. The van der Waals surface area contributed by atoms with E-state index in [9.17, 15) is 14.4 Å². The quantitative estimate of drug-likeness (QED) is 0.506. The van der Waals surface area contributed by atoms with Gasteiger partial charge < -0.3 is 13.9 Å². The van der Waals surface area contributed by atoms with E-state index in [1.54, 1.807) is 36.4 Å².